The second kappa shape index (κ2) is 5.70. The summed E-state index contributed by atoms with van der Waals surface area (Å²) in [6, 6.07) is 13.3. The number of oxime groups is 1. The Hall–Kier alpha value is -2.67. The number of rotatable bonds is 3. The number of nitrogens with zero attached hydrogens (tertiary/aromatic N) is 2. The molecule has 3 aromatic rings. The highest BCUT2D eigenvalue weighted by atomic mass is 32.2. The minimum atomic E-state index is -3.71. The van der Waals surface area contributed by atoms with Crippen molar-refractivity contribution < 1.29 is 17.6 Å². The molecule has 0 N–H and O–H groups in total. The van der Waals surface area contributed by atoms with Gasteiger partial charge in [0, 0.05) is 23.6 Å². The summed E-state index contributed by atoms with van der Waals surface area (Å²) < 4.78 is 41.3. The highest BCUT2D eigenvalue weighted by molar-refractivity contribution is 7.90. The maximum atomic E-state index is 14.3. The van der Waals surface area contributed by atoms with Crippen LogP contribution in [-0.4, -0.2) is 31.4 Å². The summed E-state index contributed by atoms with van der Waals surface area (Å²) in [5, 5.41) is 4.48. The fourth-order valence-electron chi connectivity index (χ4n) is 3.28. The Morgan fingerprint density at radius 1 is 1.16 bits per heavy atom. The lowest BCUT2D eigenvalue weighted by Gasteiger charge is -2.08. The molecular formula is C18H15FN2O3S. The minimum Gasteiger partial charge on any atom is -0.399 e. The van der Waals surface area contributed by atoms with Crippen molar-refractivity contribution in [1.82, 2.24) is 3.97 Å². The lowest BCUT2D eigenvalue weighted by Crippen LogP contribution is -2.11. The highest BCUT2D eigenvalue weighted by Crippen LogP contribution is 2.33. The minimum absolute atomic E-state index is 0.157. The van der Waals surface area contributed by atoms with Crippen molar-refractivity contribution in [2.45, 2.75) is 17.5 Å². The molecule has 0 saturated heterocycles. The normalized spacial score (nSPS) is 18.6. The summed E-state index contributed by atoms with van der Waals surface area (Å²) in [5.41, 5.74) is 2.19. The second-order valence-electron chi connectivity index (χ2n) is 5.78. The van der Waals surface area contributed by atoms with Crippen molar-refractivity contribution >= 4 is 26.6 Å². The van der Waals surface area contributed by atoms with E-state index in [0.717, 1.165) is 5.56 Å². The van der Waals surface area contributed by atoms with Crippen LogP contribution in [0.2, 0.25) is 0 Å². The summed E-state index contributed by atoms with van der Waals surface area (Å²) in [6.45, 7) is 0. The highest BCUT2D eigenvalue weighted by Gasteiger charge is 2.32. The van der Waals surface area contributed by atoms with E-state index in [9.17, 15) is 12.8 Å². The fourth-order valence-corrected chi connectivity index (χ4v) is 4.65. The van der Waals surface area contributed by atoms with E-state index < -0.39 is 16.2 Å². The van der Waals surface area contributed by atoms with Crippen LogP contribution >= 0.6 is 0 Å². The summed E-state index contributed by atoms with van der Waals surface area (Å²) in [6.07, 6.45) is 0.408. The molecule has 0 amide bonds. The smallest absolute Gasteiger partial charge is 0.268 e. The number of hydrogen-bond donors (Lipinski definition) is 0. The first-order valence-electron chi connectivity index (χ1n) is 7.73. The predicted octanol–water partition coefficient (Wildman–Crippen LogP) is 3.12. The van der Waals surface area contributed by atoms with Crippen molar-refractivity contribution in [2.24, 2.45) is 5.16 Å². The molecule has 0 radical (unpaired) electrons. The first kappa shape index (κ1) is 15.8. The first-order valence-corrected chi connectivity index (χ1v) is 9.17. The molecule has 25 heavy (non-hydrogen) atoms. The molecule has 0 aliphatic heterocycles. The van der Waals surface area contributed by atoms with Crippen LogP contribution in [0.3, 0.4) is 0 Å². The molecule has 1 aliphatic carbocycles. The average molecular weight is 358 g/mol. The van der Waals surface area contributed by atoms with Crippen LogP contribution in [0.25, 0.3) is 10.9 Å². The van der Waals surface area contributed by atoms with Gasteiger partial charge in [-0.05, 0) is 29.8 Å². The standard InChI is InChI=1S/C18H15FN2O3S/c1-24-20-18-14-7-8-17-13(15(14)11-16(18)19)9-10-21(17)25(22,23)12-5-3-2-4-6-12/h2-10,16H,11H2,1H3/b20-18-. The zero-order valence-corrected chi connectivity index (χ0v) is 14.2. The van der Waals surface area contributed by atoms with E-state index in [1.165, 1.54) is 17.3 Å². The van der Waals surface area contributed by atoms with Crippen molar-refractivity contribution in [3.05, 3.63) is 65.9 Å². The lowest BCUT2D eigenvalue weighted by molar-refractivity contribution is 0.210. The maximum Gasteiger partial charge on any atom is 0.268 e. The van der Waals surface area contributed by atoms with E-state index >= 15 is 0 Å². The first-order chi connectivity index (χ1) is 12.0. The molecule has 1 aliphatic rings. The third-order valence-electron chi connectivity index (χ3n) is 4.39. The van der Waals surface area contributed by atoms with Gasteiger partial charge in [-0.25, -0.2) is 16.8 Å². The molecule has 2 aromatic carbocycles. The van der Waals surface area contributed by atoms with E-state index in [2.05, 4.69) is 5.16 Å². The van der Waals surface area contributed by atoms with E-state index in [4.69, 9.17) is 4.84 Å². The van der Waals surface area contributed by atoms with Crippen LogP contribution in [0, 0.1) is 0 Å². The van der Waals surface area contributed by atoms with Crippen LogP contribution < -0.4 is 0 Å². The molecule has 7 heteroatoms. The van der Waals surface area contributed by atoms with Gasteiger partial charge in [0.05, 0.1) is 10.4 Å². The molecule has 1 atom stereocenters. The molecule has 5 nitrogen and oxygen atoms in total. The number of alkyl halides is 1. The zero-order valence-electron chi connectivity index (χ0n) is 13.4. The molecule has 1 unspecified atom stereocenters. The Morgan fingerprint density at radius 2 is 1.92 bits per heavy atom. The van der Waals surface area contributed by atoms with Gasteiger partial charge >= 0.3 is 0 Å². The van der Waals surface area contributed by atoms with Crippen LogP contribution in [0.4, 0.5) is 4.39 Å². The van der Waals surface area contributed by atoms with Crippen molar-refractivity contribution in [2.75, 3.05) is 7.11 Å². The fraction of sp³-hybridized carbons (Fsp3) is 0.167. The van der Waals surface area contributed by atoms with Crippen molar-refractivity contribution in [1.29, 1.82) is 0 Å². The van der Waals surface area contributed by atoms with E-state index in [-0.39, 0.29) is 17.0 Å². The third-order valence-corrected chi connectivity index (χ3v) is 6.10. The van der Waals surface area contributed by atoms with Gasteiger partial charge < -0.3 is 4.84 Å². The molecule has 1 heterocycles. The summed E-state index contributed by atoms with van der Waals surface area (Å²) in [4.78, 5) is 4.94. The number of halogens is 1. The van der Waals surface area contributed by atoms with Gasteiger partial charge in [-0.2, -0.15) is 0 Å². The Bertz CT molecular complexity index is 1090. The predicted molar refractivity (Wildman–Crippen MR) is 93.1 cm³/mol. The van der Waals surface area contributed by atoms with E-state index in [1.807, 2.05) is 0 Å². The van der Waals surface area contributed by atoms with Gasteiger partial charge in [-0.15, -0.1) is 0 Å². The molecular weight excluding hydrogens is 343 g/mol. The number of hydrogen-bond acceptors (Lipinski definition) is 4. The summed E-state index contributed by atoms with van der Waals surface area (Å²) in [7, 11) is -2.33. The van der Waals surface area contributed by atoms with Gasteiger partial charge in [-0.1, -0.05) is 29.4 Å². The van der Waals surface area contributed by atoms with Crippen LogP contribution in [0.5, 0.6) is 0 Å². The molecule has 4 rings (SSSR count). The zero-order chi connectivity index (χ0) is 17.6. The monoisotopic (exact) mass is 358 g/mol. The maximum absolute atomic E-state index is 14.3. The van der Waals surface area contributed by atoms with Gasteiger partial charge in [-0.3, -0.25) is 0 Å². The molecule has 0 saturated carbocycles. The largest absolute Gasteiger partial charge is 0.399 e. The van der Waals surface area contributed by atoms with E-state index in [1.54, 1.807) is 48.5 Å². The van der Waals surface area contributed by atoms with Crippen LogP contribution in [0.15, 0.2) is 64.8 Å². The average Bonchev–Trinajstić information content (AvgIpc) is 3.18. The Labute approximate surface area is 144 Å². The van der Waals surface area contributed by atoms with Gasteiger partial charge in [0.1, 0.15) is 19.0 Å². The van der Waals surface area contributed by atoms with Crippen molar-refractivity contribution in [3.63, 3.8) is 0 Å². The van der Waals surface area contributed by atoms with Crippen LogP contribution in [0.1, 0.15) is 11.1 Å². The molecule has 0 fully saturated rings. The van der Waals surface area contributed by atoms with Crippen LogP contribution in [-0.2, 0) is 21.3 Å². The molecule has 0 spiro atoms. The SMILES string of the molecule is CO/N=C1/c2ccc3c(ccn3S(=O)(=O)c3ccccc3)c2CC1F. The molecule has 128 valence electrons. The topological polar surface area (TPSA) is 60.7 Å². The number of aromatic nitrogens is 1. The molecule has 0 bridgehead atoms. The summed E-state index contributed by atoms with van der Waals surface area (Å²) in [5.74, 6) is 0. The van der Waals surface area contributed by atoms with Gasteiger partial charge in [0.2, 0.25) is 0 Å². The second-order valence-corrected chi connectivity index (χ2v) is 7.60. The molecule has 1 aromatic heterocycles. The van der Waals surface area contributed by atoms with Crippen molar-refractivity contribution in [3.8, 4) is 0 Å². The lowest BCUT2D eigenvalue weighted by atomic mass is 10.1. The Kier molecular flexibility index (Phi) is 3.61. The van der Waals surface area contributed by atoms with Gasteiger partial charge in [0.15, 0.2) is 0 Å². The quantitative estimate of drug-likeness (QED) is 0.676. The van der Waals surface area contributed by atoms with Gasteiger partial charge in [0.25, 0.3) is 10.0 Å². The van der Waals surface area contributed by atoms with E-state index in [0.29, 0.717) is 16.5 Å². The Morgan fingerprint density at radius 3 is 2.64 bits per heavy atom. The Balaban J connectivity index is 1.91. The number of fused-ring (bicyclic) bond motifs is 3. The summed E-state index contributed by atoms with van der Waals surface area (Å²) >= 11 is 0. The number of benzene rings is 2. The third kappa shape index (κ3) is 2.34.